The maximum absolute atomic E-state index is 5.74. The van der Waals surface area contributed by atoms with Crippen LogP contribution in [0.15, 0.2) is 47.5 Å². The number of nitrogens with zero attached hydrogens (tertiary/aromatic N) is 2. The van der Waals surface area contributed by atoms with Gasteiger partial charge in [0, 0.05) is 38.3 Å². The standard InChI is InChI=1S/C21H28N4O2.HI/c1-22-21(23-14-16-5-7-17(8-6-16)15-25(2)3)24-18-9-10-19-20(13-18)27-12-4-11-26-19;/h5-10,13H,4,11-12,14-15H2,1-3H3,(H2,22,23,24);1H. The van der Waals surface area contributed by atoms with Gasteiger partial charge in [0.15, 0.2) is 17.5 Å². The van der Waals surface area contributed by atoms with Crippen molar-refractivity contribution in [2.24, 2.45) is 4.99 Å². The van der Waals surface area contributed by atoms with E-state index in [4.69, 9.17) is 9.47 Å². The van der Waals surface area contributed by atoms with Gasteiger partial charge in [0.2, 0.25) is 0 Å². The highest BCUT2D eigenvalue weighted by Gasteiger charge is 2.11. The van der Waals surface area contributed by atoms with Gasteiger partial charge in [-0.25, -0.2) is 0 Å². The van der Waals surface area contributed by atoms with Crippen LogP contribution in [0.25, 0.3) is 0 Å². The number of hydrogen-bond donors (Lipinski definition) is 2. The van der Waals surface area contributed by atoms with E-state index >= 15 is 0 Å². The van der Waals surface area contributed by atoms with Gasteiger partial charge in [-0.3, -0.25) is 4.99 Å². The summed E-state index contributed by atoms with van der Waals surface area (Å²) in [6.07, 6.45) is 0.897. The number of aliphatic imine (C=N–C) groups is 1. The van der Waals surface area contributed by atoms with Crippen molar-refractivity contribution in [3.8, 4) is 11.5 Å². The fourth-order valence-corrected chi connectivity index (χ4v) is 2.87. The van der Waals surface area contributed by atoms with Crippen molar-refractivity contribution >= 4 is 35.6 Å². The topological polar surface area (TPSA) is 58.1 Å². The molecule has 3 rings (SSSR count). The highest BCUT2D eigenvalue weighted by Crippen LogP contribution is 2.32. The quantitative estimate of drug-likeness (QED) is 0.376. The van der Waals surface area contributed by atoms with Gasteiger partial charge in [0.05, 0.1) is 13.2 Å². The van der Waals surface area contributed by atoms with Crippen LogP contribution in [0.4, 0.5) is 5.69 Å². The Morgan fingerprint density at radius 2 is 1.68 bits per heavy atom. The fourth-order valence-electron chi connectivity index (χ4n) is 2.87. The molecule has 2 N–H and O–H groups in total. The number of nitrogens with one attached hydrogen (secondary N) is 2. The largest absolute Gasteiger partial charge is 0.490 e. The van der Waals surface area contributed by atoms with Gasteiger partial charge >= 0.3 is 0 Å². The van der Waals surface area contributed by atoms with E-state index in [-0.39, 0.29) is 24.0 Å². The molecule has 0 spiro atoms. The van der Waals surface area contributed by atoms with E-state index in [0.717, 1.165) is 30.2 Å². The van der Waals surface area contributed by atoms with Gasteiger partial charge in [-0.2, -0.15) is 0 Å². The first kappa shape index (κ1) is 22.3. The molecular weight excluding hydrogens is 467 g/mol. The van der Waals surface area contributed by atoms with Crippen molar-refractivity contribution in [2.75, 3.05) is 39.7 Å². The molecule has 2 aromatic rings. The number of guanidine groups is 1. The summed E-state index contributed by atoms with van der Waals surface area (Å²) in [5.74, 6) is 2.27. The highest BCUT2D eigenvalue weighted by atomic mass is 127. The molecule has 1 aliphatic heterocycles. The third-order valence-electron chi connectivity index (χ3n) is 4.22. The van der Waals surface area contributed by atoms with Gasteiger partial charge < -0.3 is 25.0 Å². The van der Waals surface area contributed by atoms with Crippen molar-refractivity contribution in [1.82, 2.24) is 10.2 Å². The van der Waals surface area contributed by atoms with Gasteiger partial charge in [0.25, 0.3) is 0 Å². The van der Waals surface area contributed by atoms with Gasteiger partial charge in [-0.05, 0) is 37.4 Å². The molecule has 0 radical (unpaired) electrons. The van der Waals surface area contributed by atoms with Crippen LogP contribution in [-0.4, -0.2) is 45.2 Å². The van der Waals surface area contributed by atoms with Crippen LogP contribution in [0.2, 0.25) is 0 Å². The summed E-state index contributed by atoms with van der Waals surface area (Å²) >= 11 is 0. The highest BCUT2D eigenvalue weighted by molar-refractivity contribution is 14.0. The summed E-state index contributed by atoms with van der Waals surface area (Å²) in [6.45, 7) is 3.01. The minimum absolute atomic E-state index is 0. The molecule has 1 heterocycles. The first-order chi connectivity index (χ1) is 13.1. The molecule has 1 aliphatic rings. The molecule has 7 heteroatoms. The molecule has 0 aliphatic carbocycles. The predicted octanol–water partition coefficient (Wildman–Crippen LogP) is 3.72. The lowest BCUT2D eigenvalue weighted by Gasteiger charge is -2.14. The Bertz CT molecular complexity index is 778. The van der Waals surface area contributed by atoms with Crippen molar-refractivity contribution < 1.29 is 9.47 Å². The molecule has 0 amide bonds. The zero-order valence-electron chi connectivity index (χ0n) is 16.7. The van der Waals surface area contributed by atoms with Crippen molar-refractivity contribution in [3.63, 3.8) is 0 Å². The fraction of sp³-hybridized carbons (Fsp3) is 0.381. The Morgan fingerprint density at radius 1 is 1.00 bits per heavy atom. The number of benzene rings is 2. The zero-order valence-corrected chi connectivity index (χ0v) is 19.0. The van der Waals surface area contributed by atoms with E-state index in [9.17, 15) is 0 Å². The van der Waals surface area contributed by atoms with Crippen LogP contribution >= 0.6 is 24.0 Å². The second-order valence-electron chi connectivity index (χ2n) is 6.82. The van der Waals surface area contributed by atoms with Gasteiger partial charge in [-0.1, -0.05) is 24.3 Å². The second kappa shape index (κ2) is 11.1. The van der Waals surface area contributed by atoms with Crippen molar-refractivity contribution in [1.29, 1.82) is 0 Å². The molecule has 6 nitrogen and oxygen atoms in total. The average Bonchev–Trinajstić information content (AvgIpc) is 2.90. The molecule has 0 saturated heterocycles. The summed E-state index contributed by atoms with van der Waals surface area (Å²) in [5.41, 5.74) is 3.42. The van der Waals surface area contributed by atoms with Crippen molar-refractivity contribution in [3.05, 3.63) is 53.6 Å². The number of rotatable bonds is 5. The summed E-state index contributed by atoms with van der Waals surface area (Å²) in [4.78, 5) is 6.46. The number of anilines is 1. The summed E-state index contributed by atoms with van der Waals surface area (Å²) < 4.78 is 11.4. The third-order valence-corrected chi connectivity index (χ3v) is 4.22. The van der Waals surface area contributed by atoms with E-state index in [1.807, 2.05) is 18.2 Å². The number of fused-ring (bicyclic) bond motifs is 1. The first-order valence-corrected chi connectivity index (χ1v) is 9.24. The Kier molecular flexibility index (Phi) is 8.85. The Morgan fingerprint density at radius 3 is 2.36 bits per heavy atom. The minimum Gasteiger partial charge on any atom is -0.490 e. The van der Waals surface area contributed by atoms with E-state index in [0.29, 0.717) is 25.7 Å². The number of hydrogen-bond acceptors (Lipinski definition) is 4. The summed E-state index contributed by atoms with van der Waals surface area (Å²) in [7, 11) is 5.91. The molecule has 0 bridgehead atoms. The lowest BCUT2D eigenvalue weighted by atomic mass is 10.1. The lowest BCUT2D eigenvalue weighted by molar-refractivity contribution is 0.297. The molecule has 0 unspecified atom stereocenters. The van der Waals surface area contributed by atoms with E-state index < -0.39 is 0 Å². The average molecular weight is 496 g/mol. The number of ether oxygens (including phenoxy) is 2. The van der Waals surface area contributed by atoms with Gasteiger partial charge in [0.1, 0.15) is 0 Å². The lowest BCUT2D eigenvalue weighted by Crippen LogP contribution is -2.30. The Labute approximate surface area is 184 Å². The third kappa shape index (κ3) is 6.56. The molecule has 0 atom stereocenters. The first-order valence-electron chi connectivity index (χ1n) is 9.24. The summed E-state index contributed by atoms with van der Waals surface area (Å²) in [6, 6.07) is 14.5. The van der Waals surface area contributed by atoms with Crippen LogP contribution in [0.1, 0.15) is 17.5 Å². The van der Waals surface area contributed by atoms with E-state index in [2.05, 4.69) is 58.9 Å². The molecule has 0 saturated carbocycles. The van der Waals surface area contributed by atoms with Crippen LogP contribution in [0.5, 0.6) is 11.5 Å². The Hall–Kier alpha value is -2.00. The summed E-state index contributed by atoms with van der Waals surface area (Å²) in [5, 5.41) is 6.65. The number of halogens is 1. The molecule has 0 aromatic heterocycles. The molecule has 28 heavy (non-hydrogen) atoms. The maximum Gasteiger partial charge on any atom is 0.195 e. The molecule has 152 valence electrons. The van der Waals surface area contributed by atoms with Crippen LogP contribution in [-0.2, 0) is 13.1 Å². The Balaban J connectivity index is 0.00000280. The normalized spacial score (nSPS) is 13.5. The van der Waals surface area contributed by atoms with Crippen LogP contribution in [0, 0.1) is 0 Å². The molecule has 2 aromatic carbocycles. The zero-order chi connectivity index (χ0) is 19.1. The second-order valence-corrected chi connectivity index (χ2v) is 6.82. The smallest absolute Gasteiger partial charge is 0.195 e. The van der Waals surface area contributed by atoms with Crippen LogP contribution < -0.4 is 20.1 Å². The van der Waals surface area contributed by atoms with E-state index in [1.165, 1.54) is 11.1 Å². The maximum atomic E-state index is 5.74. The van der Waals surface area contributed by atoms with Crippen LogP contribution in [0.3, 0.4) is 0 Å². The molecule has 0 fully saturated rings. The monoisotopic (exact) mass is 496 g/mol. The predicted molar refractivity (Wildman–Crippen MR) is 125 cm³/mol. The van der Waals surface area contributed by atoms with E-state index in [1.54, 1.807) is 7.05 Å². The molecular formula is C21H29IN4O2. The van der Waals surface area contributed by atoms with Gasteiger partial charge in [-0.15, -0.1) is 24.0 Å². The van der Waals surface area contributed by atoms with Crippen molar-refractivity contribution in [2.45, 2.75) is 19.5 Å². The minimum atomic E-state index is 0. The SMILES string of the molecule is CN=C(NCc1ccc(CN(C)C)cc1)Nc1ccc2c(c1)OCCCO2.I.